The number of hydrogen-bond donors (Lipinski definition) is 2. The summed E-state index contributed by atoms with van der Waals surface area (Å²) in [6.45, 7) is 0.333. The maximum Gasteiger partial charge on any atom is 0.170 e. The molecule has 104 valence electrons. The number of aromatic nitrogens is 1. The molecule has 2 aromatic rings. The van der Waals surface area contributed by atoms with Crippen molar-refractivity contribution in [1.29, 1.82) is 0 Å². The van der Waals surface area contributed by atoms with E-state index < -0.39 is 0 Å². The average molecular weight is 273 g/mol. The molecule has 0 aliphatic rings. The van der Waals surface area contributed by atoms with Gasteiger partial charge in [0, 0.05) is 11.8 Å². The Morgan fingerprint density at radius 1 is 1.30 bits per heavy atom. The topological polar surface area (TPSA) is 90.0 Å². The second-order valence-electron chi connectivity index (χ2n) is 3.96. The third kappa shape index (κ3) is 3.17. The number of oxime groups is 1. The van der Waals surface area contributed by atoms with Crippen LogP contribution in [0.15, 0.2) is 47.8 Å². The molecule has 1 aromatic heterocycles. The van der Waals surface area contributed by atoms with Gasteiger partial charge in [0.2, 0.25) is 0 Å². The van der Waals surface area contributed by atoms with Crippen molar-refractivity contribution in [3.8, 4) is 11.5 Å². The van der Waals surface area contributed by atoms with E-state index in [1.54, 1.807) is 24.4 Å². The maximum absolute atomic E-state index is 8.66. The molecule has 0 spiro atoms. The lowest BCUT2D eigenvalue weighted by atomic mass is 10.2. The number of hydrogen-bond acceptors (Lipinski definition) is 5. The van der Waals surface area contributed by atoms with Crippen LogP contribution in [0.25, 0.3) is 0 Å². The number of ether oxygens (including phenoxy) is 2. The van der Waals surface area contributed by atoms with Gasteiger partial charge in [0.1, 0.15) is 6.61 Å². The van der Waals surface area contributed by atoms with E-state index in [-0.39, 0.29) is 5.84 Å². The first kappa shape index (κ1) is 13.7. The second kappa shape index (κ2) is 6.42. The fourth-order valence-corrected chi connectivity index (χ4v) is 1.64. The fourth-order valence-electron chi connectivity index (χ4n) is 1.64. The minimum atomic E-state index is 0.0135. The smallest absolute Gasteiger partial charge is 0.170 e. The zero-order valence-electron chi connectivity index (χ0n) is 11.0. The molecule has 0 fully saturated rings. The summed E-state index contributed by atoms with van der Waals surface area (Å²) in [5, 5.41) is 11.6. The van der Waals surface area contributed by atoms with Crippen LogP contribution in [0.4, 0.5) is 0 Å². The highest BCUT2D eigenvalue weighted by molar-refractivity contribution is 5.97. The van der Waals surface area contributed by atoms with Crippen LogP contribution in [0.2, 0.25) is 0 Å². The molecule has 0 atom stereocenters. The van der Waals surface area contributed by atoms with E-state index in [1.807, 2.05) is 18.2 Å². The molecule has 6 heteroatoms. The number of nitrogens with zero attached hydrogens (tertiary/aromatic N) is 2. The highest BCUT2D eigenvalue weighted by Gasteiger charge is 2.08. The van der Waals surface area contributed by atoms with Crippen LogP contribution in [0.5, 0.6) is 11.5 Å². The molecule has 1 aromatic carbocycles. The van der Waals surface area contributed by atoms with Crippen LogP contribution in [0.1, 0.15) is 11.3 Å². The second-order valence-corrected chi connectivity index (χ2v) is 3.96. The minimum Gasteiger partial charge on any atom is -0.493 e. The van der Waals surface area contributed by atoms with Crippen molar-refractivity contribution in [1.82, 2.24) is 4.98 Å². The average Bonchev–Trinajstić information content (AvgIpc) is 2.53. The lowest BCUT2D eigenvalue weighted by Crippen LogP contribution is -2.13. The number of pyridine rings is 1. The van der Waals surface area contributed by atoms with E-state index in [0.29, 0.717) is 23.7 Å². The molecule has 0 unspecified atom stereocenters. The number of nitrogens with two attached hydrogens (primary N) is 1. The lowest BCUT2D eigenvalue weighted by Gasteiger charge is -2.11. The van der Waals surface area contributed by atoms with Gasteiger partial charge in [-0.25, -0.2) is 0 Å². The Bertz CT molecular complexity index is 600. The SMILES string of the molecule is COc1cc(/C(N)=N/O)ccc1OCc1ccccn1. The minimum absolute atomic E-state index is 0.0135. The molecule has 0 radical (unpaired) electrons. The van der Waals surface area contributed by atoms with Gasteiger partial charge in [-0.2, -0.15) is 0 Å². The molecule has 0 aliphatic heterocycles. The van der Waals surface area contributed by atoms with Crippen LogP contribution >= 0.6 is 0 Å². The summed E-state index contributed by atoms with van der Waals surface area (Å²) in [5.41, 5.74) is 6.89. The zero-order valence-corrected chi connectivity index (χ0v) is 11.0. The van der Waals surface area contributed by atoms with E-state index in [0.717, 1.165) is 5.69 Å². The van der Waals surface area contributed by atoms with Crippen molar-refractivity contribution < 1.29 is 14.7 Å². The highest BCUT2D eigenvalue weighted by Crippen LogP contribution is 2.28. The molecular weight excluding hydrogens is 258 g/mol. The zero-order chi connectivity index (χ0) is 14.4. The Labute approximate surface area is 116 Å². The van der Waals surface area contributed by atoms with Crippen molar-refractivity contribution in [2.24, 2.45) is 10.9 Å². The van der Waals surface area contributed by atoms with Crippen molar-refractivity contribution in [3.05, 3.63) is 53.9 Å². The Morgan fingerprint density at radius 2 is 2.15 bits per heavy atom. The highest BCUT2D eigenvalue weighted by atomic mass is 16.5. The van der Waals surface area contributed by atoms with E-state index in [2.05, 4.69) is 10.1 Å². The Hall–Kier alpha value is -2.76. The standard InChI is InChI=1S/C14H15N3O3/c1-19-13-8-10(14(15)17-18)5-6-12(13)20-9-11-4-2-3-7-16-11/h2-8,18H,9H2,1H3,(H2,15,17). The molecule has 0 saturated carbocycles. The Morgan fingerprint density at radius 3 is 2.80 bits per heavy atom. The number of methoxy groups -OCH3 is 1. The normalized spacial score (nSPS) is 11.2. The molecule has 1 heterocycles. The van der Waals surface area contributed by atoms with Crippen molar-refractivity contribution in [2.75, 3.05) is 7.11 Å². The quantitative estimate of drug-likeness (QED) is 0.375. The molecule has 0 aliphatic carbocycles. The molecular formula is C14H15N3O3. The molecule has 3 N–H and O–H groups in total. The van der Waals surface area contributed by atoms with Gasteiger partial charge in [-0.1, -0.05) is 11.2 Å². The predicted molar refractivity (Wildman–Crippen MR) is 74.1 cm³/mol. The molecule has 6 nitrogen and oxygen atoms in total. The van der Waals surface area contributed by atoms with Gasteiger partial charge in [-0.3, -0.25) is 4.98 Å². The number of rotatable bonds is 5. The summed E-state index contributed by atoms with van der Waals surface area (Å²) in [6.07, 6.45) is 1.71. The van der Waals surface area contributed by atoms with Crippen LogP contribution in [0.3, 0.4) is 0 Å². The first-order chi connectivity index (χ1) is 9.74. The third-order valence-electron chi connectivity index (χ3n) is 2.67. The summed E-state index contributed by atoms with van der Waals surface area (Å²) in [7, 11) is 1.53. The van der Waals surface area contributed by atoms with Gasteiger partial charge >= 0.3 is 0 Å². The molecule has 0 bridgehead atoms. The third-order valence-corrected chi connectivity index (χ3v) is 2.67. The molecule has 0 amide bonds. The largest absolute Gasteiger partial charge is 0.493 e. The Kier molecular flexibility index (Phi) is 4.39. The monoisotopic (exact) mass is 273 g/mol. The van der Waals surface area contributed by atoms with E-state index in [9.17, 15) is 0 Å². The van der Waals surface area contributed by atoms with Gasteiger partial charge in [-0.15, -0.1) is 0 Å². The summed E-state index contributed by atoms with van der Waals surface area (Å²) in [6, 6.07) is 10.6. The lowest BCUT2D eigenvalue weighted by molar-refractivity contribution is 0.280. The Balaban J connectivity index is 2.16. The van der Waals surface area contributed by atoms with E-state index in [1.165, 1.54) is 7.11 Å². The summed E-state index contributed by atoms with van der Waals surface area (Å²) < 4.78 is 10.9. The van der Waals surface area contributed by atoms with Crippen LogP contribution in [-0.2, 0) is 6.61 Å². The van der Waals surface area contributed by atoms with E-state index in [4.69, 9.17) is 20.4 Å². The molecule has 0 saturated heterocycles. The van der Waals surface area contributed by atoms with Crippen molar-refractivity contribution in [3.63, 3.8) is 0 Å². The summed E-state index contributed by atoms with van der Waals surface area (Å²) in [4.78, 5) is 4.17. The maximum atomic E-state index is 8.66. The predicted octanol–water partition coefficient (Wildman–Crippen LogP) is 1.76. The van der Waals surface area contributed by atoms with Crippen LogP contribution in [-0.4, -0.2) is 23.1 Å². The van der Waals surface area contributed by atoms with Crippen LogP contribution in [0, 0.1) is 0 Å². The van der Waals surface area contributed by atoms with Crippen molar-refractivity contribution in [2.45, 2.75) is 6.61 Å². The molecule has 2 rings (SSSR count). The fraction of sp³-hybridized carbons (Fsp3) is 0.143. The van der Waals surface area contributed by atoms with Gasteiger partial charge < -0.3 is 20.4 Å². The first-order valence-corrected chi connectivity index (χ1v) is 5.93. The first-order valence-electron chi connectivity index (χ1n) is 5.93. The van der Waals surface area contributed by atoms with Gasteiger partial charge in [0.25, 0.3) is 0 Å². The van der Waals surface area contributed by atoms with Crippen LogP contribution < -0.4 is 15.2 Å². The number of amidine groups is 1. The number of benzene rings is 1. The van der Waals surface area contributed by atoms with Gasteiger partial charge in [-0.05, 0) is 30.3 Å². The summed E-state index contributed by atoms with van der Waals surface area (Å²) in [5.74, 6) is 1.08. The molecule has 20 heavy (non-hydrogen) atoms. The van der Waals surface area contributed by atoms with Gasteiger partial charge in [0.15, 0.2) is 17.3 Å². The van der Waals surface area contributed by atoms with Gasteiger partial charge in [0.05, 0.1) is 12.8 Å². The van der Waals surface area contributed by atoms with Crippen molar-refractivity contribution >= 4 is 5.84 Å². The van der Waals surface area contributed by atoms with E-state index >= 15 is 0 Å². The summed E-state index contributed by atoms with van der Waals surface area (Å²) >= 11 is 0.